The number of nitrogens with zero attached hydrogens (tertiary/aromatic N) is 1. The van der Waals surface area contributed by atoms with E-state index >= 15 is 0 Å². The van der Waals surface area contributed by atoms with Gasteiger partial charge in [0.05, 0.1) is 24.6 Å². The molecule has 5 nitrogen and oxygen atoms in total. The maximum absolute atomic E-state index is 13.4. The number of hydrogen-bond acceptors (Lipinski definition) is 3. The van der Waals surface area contributed by atoms with Crippen LogP contribution in [0.5, 0.6) is 5.75 Å². The van der Waals surface area contributed by atoms with Crippen LogP contribution in [0.3, 0.4) is 0 Å². The van der Waals surface area contributed by atoms with Crippen LogP contribution in [0.25, 0.3) is 0 Å². The molecule has 1 N–H and O–H groups in total. The molecule has 0 aliphatic carbocycles. The minimum absolute atomic E-state index is 0.0288. The summed E-state index contributed by atoms with van der Waals surface area (Å²) in [5.41, 5.74) is 2.78. The van der Waals surface area contributed by atoms with Crippen molar-refractivity contribution < 1.29 is 18.7 Å². The Kier molecular flexibility index (Phi) is 5.91. The molecule has 0 saturated heterocycles. The highest BCUT2D eigenvalue weighted by atomic mass is 35.5. The average molecular weight is 439 g/mol. The van der Waals surface area contributed by atoms with E-state index in [1.54, 1.807) is 30.2 Å². The fraction of sp³-hybridized carbons (Fsp3) is 0.167. The van der Waals surface area contributed by atoms with Crippen molar-refractivity contribution >= 4 is 29.1 Å². The Labute approximate surface area is 184 Å². The standard InChI is InChI=1S/C24H20ClFN2O3/c1-31-18-9-6-15(7-10-18)22(28-14-16-4-2-3-5-19(16)24(28)30)13-23(29)27-17-8-11-21(26)20(25)12-17/h2-12,22H,13-14H2,1H3,(H,27,29). The van der Waals surface area contributed by atoms with Crippen LogP contribution in [0.1, 0.15) is 33.9 Å². The van der Waals surface area contributed by atoms with Gasteiger partial charge in [0.15, 0.2) is 0 Å². The Balaban J connectivity index is 1.60. The topological polar surface area (TPSA) is 58.6 Å². The molecule has 0 saturated carbocycles. The van der Waals surface area contributed by atoms with Crippen molar-refractivity contribution in [3.63, 3.8) is 0 Å². The van der Waals surface area contributed by atoms with Gasteiger partial charge in [0, 0.05) is 17.8 Å². The number of benzene rings is 3. The van der Waals surface area contributed by atoms with Crippen molar-refractivity contribution in [1.82, 2.24) is 4.90 Å². The molecule has 1 heterocycles. The molecule has 0 radical (unpaired) electrons. The summed E-state index contributed by atoms with van der Waals surface area (Å²) in [5, 5.41) is 2.67. The van der Waals surface area contributed by atoms with E-state index < -0.39 is 11.9 Å². The van der Waals surface area contributed by atoms with Crippen molar-refractivity contribution in [2.75, 3.05) is 12.4 Å². The Morgan fingerprint density at radius 3 is 2.58 bits per heavy atom. The first kappa shape index (κ1) is 20.9. The summed E-state index contributed by atoms with van der Waals surface area (Å²) in [6.07, 6.45) is 0.0288. The lowest BCUT2D eigenvalue weighted by molar-refractivity contribution is -0.117. The highest BCUT2D eigenvalue weighted by molar-refractivity contribution is 6.31. The molecular formula is C24H20ClFN2O3. The van der Waals surface area contributed by atoms with Gasteiger partial charge in [-0.05, 0) is 47.5 Å². The fourth-order valence-corrected chi connectivity index (χ4v) is 3.90. The molecule has 1 aliphatic heterocycles. The molecule has 3 aromatic carbocycles. The van der Waals surface area contributed by atoms with Crippen molar-refractivity contribution in [2.45, 2.75) is 19.0 Å². The molecule has 158 valence electrons. The lowest BCUT2D eigenvalue weighted by Gasteiger charge is -2.28. The summed E-state index contributed by atoms with van der Waals surface area (Å²) in [7, 11) is 1.58. The van der Waals surface area contributed by atoms with Crippen LogP contribution < -0.4 is 10.1 Å². The lowest BCUT2D eigenvalue weighted by atomic mass is 10.0. The Hall–Kier alpha value is -3.38. The molecule has 2 amide bonds. The molecule has 0 bridgehead atoms. The van der Waals surface area contributed by atoms with Gasteiger partial charge in [0.2, 0.25) is 5.91 Å². The van der Waals surface area contributed by atoms with Gasteiger partial charge in [-0.25, -0.2) is 4.39 Å². The average Bonchev–Trinajstić information content (AvgIpc) is 3.11. The van der Waals surface area contributed by atoms with Crippen LogP contribution in [-0.2, 0) is 11.3 Å². The molecule has 7 heteroatoms. The highest BCUT2D eigenvalue weighted by Crippen LogP contribution is 2.34. The molecular weight excluding hydrogens is 419 g/mol. The predicted molar refractivity (Wildman–Crippen MR) is 117 cm³/mol. The zero-order chi connectivity index (χ0) is 22.0. The molecule has 0 spiro atoms. The first-order chi connectivity index (χ1) is 15.0. The highest BCUT2D eigenvalue weighted by Gasteiger charge is 2.34. The van der Waals surface area contributed by atoms with E-state index in [2.05, 4.69) is 5.32 Å². The molecule has 31 heavy (non-hydrogen) atoms. The van der Waals surface area contributed by atoms with Gasteiger partial charge in [0.25, 0.3) is 5.91 Å². The van der Waals surface area contributed by atoms with E-state index in [1.165, 1.54) is 18.2 Å². The van der Waals surface area contributed by atoms with Crippen LogP contribution in [0.4, 0.5) is 10.1 Å². The van der Waals surface area contributed by atoms with E-state index in [-0.39, 0.29) is 23.3 Å². The Morgan fingerprint density at radius 1 is 1.16 bits per heavy atom. The van der Waals surface area contributed by atoms with E-state index in [0.717, 1.165) is 11.1 Å². The first-order valence-electron chi connectivity index (χ1n) is 9.74. The number of ether oxygens (including phenoxy) is 1. The quantitative estimate of drug-likeness (QED) is 0.574. The van der Waals surface area contributed by atoms with Gasteiger partial charge in [-0.1, -0.05) is 41.9 Å². The second-order valence-corrected chi connectivity index (χ2v) is 7.67. The number of carbonyl (C=O) groups is 2. The number of halogens is 2. The fourth-order valence-electron chi connectivity index (χ4n) is 3.72. The summed E-state index contributed by atoms with van der Waals surface area (Å²) in [4.78, 5) is 27.6. The van der Waals surface area contributed by atoms with E-state index in [1.807, 2.05) is 30.3 Å². The number of amides is 2. The SMILES string of the molecule is COc1ccc(C(CC(=O)Nc2ccc(F)c(Cl)c2)N2Cc3ccccc3C2=O)cc1. The third-order valence-corrected chi connectivity index (χ3v) is 5.60. The van der Waals surface area contributed by atoms with Gasteiger partial charge in [-0.2, -0.15) is 0 Å². The molecule has 3 aromatic rings. The first-order valence-corrected chi connectivity index (χ1v) is 10.1. The molecule has 0 aromatic heterocycles. The number of fused-ring (bicyclic) bond motifs is 1. The van der Waals surface area contributed by atoms with E-state index in [0.29, 0.717) is 23.5 Å². The minimum atomic E-state index is -0.559. The van der Waals surface area contributed by atoms with Gasteiger partial charge >= 0.3 is 0 Å². The summed E-state index contributed by atoms with van der Waals surface area (Å²) < 4.78 is 18.6. The zero-order valence-electron chi connectivity index (χ0n) is 16.8. The number of hydrogen-bond donors (Lipinski definition) is 1. The Morgan fingerprint density at radius 2 is 1.90 bits per heavy atom. The van der Waals surface area contributed by atoms with Crippen LogP contribution in [-0.4, -0.2) is 23.8 Å². The van der Waals surface area contributed by atoms with Crippen LogP contribution in [0.2, 0.25) is 5.02 Å². The van der Waals surface area contributed by atoms with Gasteiger partial charge in [-0.15, -0.1) is 0 Å². The van der Waals surface area contributed by atoms with Crippen molar-refractivity contribution in [3.05, 3.63) is 94.3 Å². The number of anilines is 1. The second kappa shape index (κ2) is 8.78. The van der Waals surface area contributed by atoms with Crippen molar-refractivity contribution in [1.29, 1.82) is 0 Å². The lowest BCUT2D eigenvalue weighted by Crippen LogP contribution is -2.32. The summed E-state index contributed by atoms with van der Waals surface area (Å²) in [5.74, 6) is -0.304. The number of rotatable bonds is 6. The summed E-state index contributed by atoms with van der Waals surface area (Å²) in [6, 6.07) is 18.2. The van der Waals surface area contributed by atoms with Crippen molar-refractivity contribution in [2.24, 2.45) is 0 Å². The van der Waals surface area contributed by atoms with Crippen LogP contribution >= 0.6 is 11.6 Å². The van der Waals surface area contributed by atoms with E-state index in [9.17, 15) is 14.0 Å². The third-order valence-electron chi connectivity index (χ3n) is 5.31. The zero-order valence-corrected chi connectivity index (χ0v) is 17.5. The van der Waals surface area contributed by atoms with Gasteiger partial charge in [0.1, 0.15) is 11.6 Å². The Bertz CT molecular complexity index is 1130. The maximum atomic E-state index is 13.4. The predicted octanol–water partition coefficient (Wildman–Crippen LogP) is 5.21. The monoisotopic (exact) mass is 438 g/mol. The minimum Gasteiger partial charge on any atom is -0.497 e. The van der Waals surface area contributed by atoms with Crippen LogP contribution in [0.15, 0.2) is 66.7 Å². The largest absolute Gasteiger partial charge is 0.497 e. The van der Waals surface area contributed by atoms with Gasteiger partial charge < -0.3 is 15.0 Å². The number of carbonyl (C=O) groups excluding carboxylic acids is 2. The van der Waals surface area contributed by atoms with Gasteiger partial charge in [-0.3, -0.25) is 9.59 Å². The maximum Gasteiger partial charge on any atom is 0.255 e. The van der Waals surface area contributed by atoms with E-state index in [4.69, 9.17) is 16.3 Å². The smallest absolute Gasteiger partial charge is 0.255 e. The normalized spacial score (nSPS) is 13.6. The molecule has 1 atom stereocenters. The summed E-state index contributed by atoms with van der Waals surface area (Å²) in [6.45, 7) is 0.418. The molecule has 0 fully saturated rings. The molecule has 4 rings (SSSR count). The number of methoxy groups -OCH3 is 1. The van der Waals surface area contributed by atoms with Crippen molar-refractivity contribution in [3.8, 4) is 5.75 Å². The molecule has 1 aliphatic rings. The third kappa shape index (κ3) is 4.39. The molecule has 1 unspecified atom stereocenters. The van der Waals surface area contributed by atoms with Crippen LogP contribution in [0, 0.1) is 5.82 Å². The number of nitrogens with one attached hydrogen (secondary N) is 1. The summed E-state index contributed by atoms with van der Waals surface area (Å²) >= 11 is 5.81. The second-order valence-electron chi connectivity index (χ2n) is 7.26.